The smallest absolute Gasteiger partial charge is 0.249 e. The number of hydrogen-bond donors (Lipinski definition) is 2. The topological polar surface area (TPSA) is 81.4 Å². The highest BCUT2D eigenvalue weighted by Crippen LogP contribution is 2.21. The second kappa shape index (κ2) is 4.82. The van der Waals surface area contributed by atoms with Crippen molar-refractivity contribution >= 4 is 11.8 Å². The Kier molecular flexibility index (Phi) is 3.91. The summed E-state index contributed by atoms with van der Waals surface area (Å²) in [5.41, 5.74) is 4.50. The molecule has 2 atom stereocenters. The number of ether oxygens (including phenoxy) is 1. The third-order valence-corrected chi connectivity index (χ3v) is 2.72. The second-order valence-electron chi connectivity index (χ2n) is 5.07. The minimum absolute atomic E-state index is 0.125. The van der Waals surface area contributed by atoms with E-state index in [4.69, 9.17) is 10.5 Å². The highest BCUT2D eigenvalue weighted by molar-refractivity contribution is 5.83. The molecule has 1 aliphatic heterocycles. The van der Waals surface area contributed by atoms with Gasteiger partial charge in [-0.2, -0.15) is 0 Å². The first kappa shape index (κ1) is 13.0. The summed E-state index contributed by atoms with van der Waals surface area (Å²) in [4.78, 5) is 22.7. The van der Waals surface area contributed by atoms with E-state index in [9.17, 15) is 9.59 Å². The zero-order chi connectivity index (χ0) is 12.3. The minimum atomic E-state index is -0.616. The molecular weight excluding hydrogens is 208 g/mol. The number of carbonyl (C=O) groups is 2. The number of primary amides is 1. The molecule has 0 spiro atoms. The number of rotatable bonds is 4. The van der Waals surface area contributed by atoms with Crippen LogP contribution in [0, 0.1) is 5.92 Å². The molecule has 1 rings (SSSR count). The summed E-state index contributed by atoms with van der Waals surface area (Å²) in [6, 6.07) is 0. The monoisotopic (exact) mass is 228 g/mol. The number of carbonyl (C=O) groups excluding carboxylic acids is 2. The van der Waals surface area contributed by atoms with Crippen LogP contribution in [0.3, 0.4) is 0 Å². The van der Waals surface area contributed by atoms with Crippen molar-refractivity contribution in [3.63, 3.8) is 0 Å². The van der Waals surface area contributed by atoms with Gasteiger partial charge in [0, 0.05) is 18.6 Å². The maximum atomic E-state index is 11.9. The van der Waals surface area contributed by atoms with Crippen molar-refractivity contribution in [2.75, 3.05) is 6.61 Å². The molecule has 2 amide bonds. The Morgan fingerprint density at radius 3 is 2.56 bits per heavy atom. The number of amides is 2. The van der Waals surface area contributed by atoms with Crippen LogP contribution < -0.4 is 11.1 Å². The highest BCUT2D eigenvalue weighted by Gasteiger charge is 2.34. The van der Waals surface area contributed by atoms with Crippen LogP contribution in [0.15, 0.2) is 0 Å². The van der Waals surface area contributed by atoms with Gasteiger partial charge in [0.2, 0.25) is 11.8 Å². The predicted molar refractivity (Wildman–Crippen MR) is 59.6 cm³/mol. The highest BCUT2D eigenvalue weighted by atomic mass is 16.5. The summed E-state index contributed by atoms with van der Waals surface area (Å²) in [6.45, 7) is 6.15. The average molecular weight is 228 g/mol. The van der Waals surface area contributed by atoms with Crippen LogP contribution >= 0.6 is 0 Å². The largest absolute Gasteiger partial charge is 0.370 e. The van der Waals surface area contributed by atoms with E-state index >= 15 is 0 Å². The van der Waals surface area contributed by atoms with Crippen LogP contribution in [0.25, 0.3) is 0 Å². The van der Waals surface area contributed by atoms with Crippen molar-refractivity contribution in [3.05, 3.63) is 0 Å². The van der Waals surface area contributed by atoms with Crippen molar-refractivity contribution in [2.45, 2.75) is 45.3 Å². The van der Waals surface area contributed by atoms with Crippen LogP contribution in [0.5, 0.6) is 0 Å². The molecule has 0 aromatic carbocycles. The first-order chi connectivity index (χ1) is 7.32. The van der Waals surface area contributed by atoms with Gasteiger partial charge < -0.3 is 15.8 Å². The minimum Gasteiger partial charge on any atom is -0.370 e. The average Bonchev–Trinajstić information content (AvgIpc) is 2.47. The van der Waals surface area contributed by atoms with Crippen LogP contribution in [0.4, 0.5) is 0 Å². The van der Waals surface area contributed by atoms with E-state index < -0.39 is 17.6 Å². The molecule has 5 nitrogen and oxygen atoms in total. The van der Waals surface area contributed by atoms with Gasteiger partial charge in [-0.25, -0.2) is 0 Å². The Bertz CT molecular complexity index is 289. The standard InChI is InChI=1S/C11H20N2O3/c1-7-4-5-16-9(7)10(15)13-11(2,3)6-8(12)14/h7,9H,4-6H2,1-3H3,(H2,12,14)(H,13,15)/t7-,9+/m0/s1. The Hall–Kier alpha value is -1.10. The van der Waals surface area contributed by atoms with Gasteiger partial charge in [-0.3, -0.25) is 9.59 Å². The molecule has 1 heterocycles. The number of hydrogen-bond acceptors (Lipinski definition) is 3. The zero-order valence-corrected chi connectivity index (χ0v) is 10.1. The second-order valence-corrected chi connectivity index (χ2v) is 5.07. The molecule has 5 heteroatoms. The lowest BCUT2D eigenvalue weighted by molar-refractivity contribution is -0.133. The molecule has 1 saturated heterocycles. The zero-order valence-electron chi connectivity index (χ0n) is 10.1. The first-order valence-electron chi connectivity index (χ1n) is 5.54. The molecule has 3 N–H and O–H groups in total. The summed E-state index contributed by atoms with van der Waals surface area (Å²) < 4.78 is 5.35. The van der Waals surface area contributed by atoms with Crippen LogP contribution in [-0.4, -0.2) is 30.1 Å². The van der Waals surface area contributed by atoms with Gasteiger partial charge in [-0.05, 0) is 26.2 Å². The molecule has 1 fully saturated rings. The van der Waals surface area contributed by atoms with Gasteiger partial charge >= 0.3 is 0 Å². The van der Waals surface area contributed by atoms with Gasteiger partial charge in [-0.15, -0.1) is 0 Å². The van der Waals surface area contributed by atoms with Gasteiger partial charge in [0.15, 0.2) is 0 Å². The van der Waals surface area contributed by atoms with E-state index in [1.54, 1.807) is 13.8 Å². The molecule has 0 unspecified atom stereocenters. The summed E-state index contributed by atoms with van der Waals surface area (Å²) in [7, 11) is 0. The molecule has 1 aliphatic rings. The normalized spacial score (nSPS) is 25.4. The van der Waals surface area contributed by atoms with Crippen molar-refractivity contribution in [3.8, 4) is 0 Å². The van der Waals surface area contributed by atoms with Crippen molar-refractivity contribution in [1.29, 1.82) is 0 Å². The van der Waals surface area contributed by atoms with Crippen molar-refractivity contribution in [1.82, 2.24) is 5.32 Å². The van der Waals surface area contributed by atoms with E-state index in [1.807, 2.05) is 6.92 Å². The fourth-order valence-corrected chi connectivity index (χ4v) is 1.92. The van der Waals surface area contributed by atoms with Crippen LogP contribution in [0.1, 0.15) is 33.6 Å². The number of nitrogens with two attached hydrogens (primary N) is 1. The predicted octanol–water partition coefficient (Wildman–Crippen LogP) is 0.182. The van der Waals surface area contributed by atoms with E-state index in [-0.39, 0.29) is 18.2 Å². The fraction of sp³-hybridized carbons (Fsp3) is 0.818. The summed E-state index contributed by atoms with van der Waals surface area (Å²) in [5.74, 6) is -0.355. The Balaban J connectivity index is 2.52. The third-order valence-electron chi connectivity index (χ3n) is 2.72. The lowest BCUT2D eigenvalue weighted by Gasteiger charge is -2.27. The molecule has 0 radical (unpaired) electrons. The molecule has 0 bridgehead atoms. The van der Waals surface area contributed by atoms with Gasteiger partial charge in [0.1, 0.15) is 6.10 Å². The maximum absolute atomic E-state index is 11.9. The van der Waals surface area contributed by atoms with E-state index in [0.717, 1.165) is 6.42 Å². The molecule has 92 valence electrons. The lowest BCUT2D eigenvalue weighted by Crippen LogP contribution is -2.50. The summed E-state index contributed by atoms with van der Waals surface area (Å²) in [6.07, 6.45) is 0.626. The number of nitrogens with one attached hydrogen (secondary N) is 1. The quantitative estimate of drug-likeness (QED) is 0.720. The Labute approximate surface area is 95.7 Å². The van der Waals surface area contributed by atoms with Crippen molar-refractivity contribution < 1.29 is 14.3 Å². The maximum Gasteiger partial charge on any atom is 0.249 e. The lowest BCUT2D eigenvalue weighted by atomic mass is 9.98. The van der Waals surface area contributed by atoms with E-state index in [0.29, 0.717) is 6.61 Å². The molecule has 0 aromatic rings. The van der Waals surface area contributed by atoms with E-state index in [1.165, 1.54) is 0 Å². The SMILES string of the molecule is C[C@H]1CCO[C@H]1C(=O)NC(C)(C)CC(N)=O. The van der Waals surface area contributed by atoms with Crippen LogP contribution in [-0.2, 0) is 14.3 Å². The van der Waals surface area contributed by atoms with Gasteiger partial charge in [0.25, 0.3) is 0 Å². The van der Waals surface area contributed by atoms with Crippen molar-refractivity contribution in [2.24, 2.45) is 11.7 Å². The fourth-order valence-electron chi connectivity index (χ4n) is 1.92. The molecular formula is C11H20N2O3. The Morgan fingerprint density at radius 2 is 2.12 bits per heavy atom. The first-order valence-corrected chi connectivity index (χ1v) is 5.54. The van der Waals surface area contributed by atoms with Gasteiger partial charge in [0.05, 0.1) is 0 Å². The van der Waals surface area contributed by atoms with E-state index in [2.05, 4.69) is 5.32 Å². The Morgan fingerprint density at radius 1 is 1.50 bits per heavy atom. The third kappa shape index (κ3) is 3.48. The molecule has 0 aromatic heterocycles. The summed E-state index contributed by atoms with van der Waals surface area (Å²) >= 11 is 0. The van der Waals surface area contributed by atoms with Gasteiger partial charge in [-0.1, -0.05) is 6.92 Å². The molecule has 0 saturated carbocycles. The molecule has 0 aliphatic carbocycles. The molecule has 16 heavy (non-hydrogen) atoms. The summed E-state index contributed by atoms with van der Waals surface area (Å²) in [5, 5.41) is 2.80. The van der Waals surface area contributed by atoms with Crippen LogP contribution in [0.2, 0.25) is 0 Å².